The van der Waals surface area contributed by atoms with Gasteiger partial charge in [-0.2, -0.15) is 0 Å². The molecule has 2 saturated carbocycles. The zero-order valence-corrected chi connectivity index (χ0v) is 8.01. The Morgan fingerprint density at radius 3 is 2.75 bits per heavy atom. The van der Waals surface area contributed by atoms with Crippen LogP contribution in [0.3, 0.4) is 0 Å². The first-order valence-corrected chi connectivity index (χ1v) is 4.86. The van der Waals surface area contributed by atoms with E-state index in [4.69, 9.17) is 5.11 Å². The molecule has 1 N–H and O–H groups in total. The lowest BCUT2D eigenvalue weighted by atomic mass is 9.86. The number of fused-ring (bicyclic) bond motifs is 1. The van der Waals surface area contributed by atoms with Crippen molar-refractivity contribution < 1.29 is 5.11 Å². The average Bonchev–Trinajstić information content (AvgIpc) is 2.52. The second kappa shape index (κ2) is 2.35. The lowest BCUT2D eigenvalue weighted by Crippen LogP contribution is -2.14. The molecular formula is C11H18O. The minimum absolute atomic E-state index is 0.304. The minimum Gasteiger partial charge on any atom is -0.396 e. The lowest BCUT2D eigenvalue weighted by molar-refractivity contribution is 0.220. The van der Waals surface area contributed by atoms with Crippen LogP contribution in [-0.2, 0) is 0 Å². The van der Waals surface area contributed by atoms with Crippen LogP contribution in [0.1, 0.15) is 26.7 Å². The van der Waals surface area contributed by atoms with E-state index >= 15 is 0 Å². The molecule has 3 atom stereocenters. The van der Waals surface area contributed by atoms with Crippen LogP contribution in [0, 0.1) is 23.2 Å². The molecule has 0 radical (unpaired) electrons. The summed E-state index contributed by atoms with van der Waals surface area (Å²) >= 11 is 0. The third-order valence-corrected chi connectivity index (χ3v) is 4.11. The van der Waals surface area contributed by atoms with Crippen LogP contribution in [0.4, 0.5) is 0 Å². The lowest BCUT2D eigenvalue weighted by Gasteiger charge is -2.21. The monoisotopic (exact) mass is 166 g/mol. The summed E-state index contributed by atoms with van der Waals surface area (Å²) in [4.78, 5) is 0. The van der Waals surface area contributed by atoms with E-state index in [1.807, 2.05) is 0 Å². The van der Waals surface area contributed by atoms with Gasteiger partial charge in [0, 0.05) is 12.5 Å². The van der Waals surface area contributed by atoms with Crippen molar-refractivity contribution in [2.24, 2.45) is 23.2 Å². The van der Waals surface area contributed by atoms with Gasteiger partial charge in [0.15, 0.2) is 0 Å². The SMILES string of the molecule is C=C1CC2C(CC1CO)C2(C)C. The van der Waals surface area contributed by atoms with E-state index in [9.17, 15) is 0 Å². The van der Waals surface area contributed by atoms with Crippen LogP contribution in [0.2, 0.25) is 0 Å². The quantitative estimate of drug-likeness (QED) is 0.592. The van der Waals surface area contributed by atoms with Crippen molar-refractivity contribution in [1.82, 2.24) is 0 Å². The Bertz CT molecular complexity index is 217. The molecule has 0 aromatic rings. The van der Waals surface area contributed by atoms with Gasteiger partial charge < -0.3 is 5.11 Å². The van der Waals surface area contributed by atoms with Gasteiger partial charge in [0.05, 0.1) is 0 Å². The molecule has 2 aliphatic carbocycles. The number of rotatable bonds is 1. The normalized spacial score (nSPS) is 43.9. The highest BCUT2D eigenvalue weighted by atomic mass is 16.3. The highest BCUT2D eigenvalue weighted by Crippen LogP contribution is 2.66. The fraction of sp³-hybridized carbons (Fsp3) is 0.818. The molecule has 0 bridgehead atoms. The van der Waals surface area contributed by atoms with E-state index in [-0.39, 0.29) is 0 Å². The van der Waals surface area contributed by atoms with E-state index in [1.54, 1.807) is 0 Å². The van der Waals surface area contributed by atoms with Crippen molar-refractivity contribution in [3.8, 4) is 0 Å². The van der Waals surface area contributed by atoms with Gasteiger partial charge >= 0.3 is 0 Å². The Balaban J connectivity index is 2.08. The molecule has 0 aromatic heterocycles. The molecule has 1 heteroatoms. The Hall–Kier alpha value is -0.300. The largest absolute Gasteiger partial charge is 0.396 e. The average molecular weight is 166 g/mol. The number of aliphatic hydroxyl groups is 1. The zero-order valence-electron chi connectivity index (χ0n) is 8.01. The third-order valence-electron chi connectivity index (χ3n) is 4.11. The summed E-state index contributed by atoms with van der Waals surface area (Å²) in [5.41, 5.74) is 1.82. The summed E-state index contributed by atoms with van der Waals surface area (Å²) in [6, 6.07) is 0. The summed E-state index contributed by atoms with van der Waals surface area (Å²) in [6.45, 7) is 9.04. The van der Waals surface area contributed by atoms with Crippen molar-refractivity contribution in [2.45, 2.75) is 26.7 Å². The maximum atomic E-state index is 9.11. The number of hydrogen-bond acceptors (Lipinski definition) is 1. The summed E-state index contributed by atoms with van der Waals surface area (Å²) < 4.78 is 0. The first-order valence-electron chi connectivity index (χ1n) is 4.86. The second-order valence-corrected chi connectivity index (χ2v) is 5.01. The molecule has 2 aliphatic rings. The van der Waals surface area contributed by atoms with Gasteiger partial charge in [-0.05, 0) is 30.1 Å². The molecule has 2 rings (SSSR count). The van der Waals surface area contributed by atoms with E-state index in [0.29, 0.717) is 17.9 Å². The van der Waals surface area contributed by atoms with Crippen LogP contribution >= 0.6 is 0 Å². The molecule has 12 heavy (non-hydrogen) atoms. The molecule has 0 aromatic carbocycles. The van der Waals surface area contributed by atoms with Gasteiger partial charge in [-0.3, -0.25) is 0 Å². The standard InChI is InChI=1S/C11H18O/c1-7-4-9-10(11(9,2)3)5-8(7)6-12/h8-10,12H,1,4-6H2,2-3H3. The van der Waals surface area contributed by atoms with Crippen molar-refractivity contribution in [3.63, 3.8) is 0 Å². The third kappa shape index (κ3) is 0.957. The Morgan fingerprint density at radius 2 is 2.17 bits per heavy atom. The minimum atomic E-state index is 0.304. The molecule has 0 spiro atoms. The summed E-state index contributed by atoms with van der Waals surface area (Å²) in [6.07, 6.45) is 2.33. The maximum absolute atomic E-state index is 9.11. The Morgan fingerprint density at radius 1 is 1.50 bits per heavy atom. The predicted molar refractivity (Wildman–Crippen MR) is 49.7 cm³/mol. The van der Waals surface area contributed by atoms with Gasteiger partial charge in [0.1, 0.15) is 0 Å². The first-order chi connectivity index (χ1) is 5.57. The number of hydrogen-bond donors (Lipinski definition) is 1. The fourth-order valence-corrected chi connectivity index (χ4v) is 2.86. The van der Waals surface area contributed by atoms with Gasteiger partial charge in [0.2, 0.25) is 0 Å². The van der Waals surface area contributed by atoms with Crippen LogP contribution in [0.15, 0.2) is 12.2 Å². The van der Waals surface area contributed by atoms with Crippen molar-refractivity contribution in [1.29, 1.82) is 0 Å². The van der Waals surface area contributed by atoms with E-state index in [0.717, 1.165) is 18.3 Å². The van der Waals surface area contributed by atoms with Crippen LogP contribution < -0.4 is 0 Å². The van der Waals surface area contributed by atoms with Crippen LogP contribution in [0.5, 0.6) is 0 Å². The Kier molecular flexibility index (Phi) is 1.63. The molecule has 0 heterocycles. The zero-order chi connectivity index (χ0) is 8.93. The van der Waals surface area contributed by atoms with Gasteiger partial charge in [0.25, 0.3) is 0 Å². The second-order valence-electron chi connectivity index (χ2n) is 5.01. The molecule has 0 aliphatic heterocycles. The molecule has 1 nitrogen and oxygen atoms in total. The molecule has 0 saturated heterocycles. The Labute approximate surface area is 74.5 Å². The highest BCUT2D eigenvalue weighted by Gasteiger charge is 2.59. The smallest absolute Gasteiger partial charge is 0.0496 e. The molecule has 2 fully saturated rings. The number of aliphatic hydroxyl groups excluding tert-OH is 1. The van der Waals surface area contributed by atoms with Gasteiger partial charge in [-0.1, -0.05) is 26.0 Å². The molecule has 68 valence electrons. The molecule has 0 amide bonds. The first kappa shape index (κ1) is 8.31. The van der Waals surface area contributed by atoms with Crippen LogP contribution in [-0.4, -0.2) is 11.7 Å². The fourth-order valence-electron chi connectivity index (χ4n) is 2.86. The van der Waals surface area contributed by atoms with E-state index in [1.165, 1.54) is 12.0 Å². The summed E-state index contributed by atoms with van der Waals surface area (Å²) in [7, 11) is 0. The topological polar surface area (TPSA) is 20.2 Å². The van der Waals surface area contributed by atoms with E-state index < -0.39 is 0 Å². The molecule has 3 unspecified atom stereocenters. The van der Waals surface area contributed by atoms with Crippen LogP contribution in [0.25, 0.3) is 0 Å². The van der Waals surface area contributed by atoms with Gasteiger partial charge in [-0.25, -0.2) is 0 Å². The summed E-state index contributed by atoms with van der Waals surface area (Å²) in [5, 5.41) is 9.11. The van der Waals surface area contributed by atoms with E-state index in [2.05, 4.69) is 20.4 Å². The predicted octanol–water partition coefficient (Wildman–Crippen LogP) is 2.22. The van der Waals surface area contributed by atoms with Crippen molar-refractivity contribution >= 4 is 0 Å². The maximum Gasteiger partial charge on any atom is 0.0496 e. The highest BCUT2D eigenvalue weighted by molar-refractivity contribution is 5.19. The molecular weight excluding hydrogens is 148 g/mol. The van der Waals surface area contributed by atoms with Crippen molar-refractivity contribution in [3.05, 3.63) is 12.2 Å². The van der Waals surface area contributed by atoms with Gasteiger partial charge in [-0.15, -0.1) is 0 Å². The van der Waals surface area contributed by atoms with Crippen molar-refractivity contribution in [2.75, 3.05) is 6.61 Å². The summed E-state index contributed by atoms with van der Waals surface area (Å²) in [5.74, 6) is 2.13.